The third-order valence-corrected chi connectivity index (χ3v) is 3.60. The Kier molecular flexibility index (Phi) is 3.38. The van der Waals surface area contributed by atoms with Crippen molar-refractivity contribution in [2.75, 3.05) is 11.4 Å². The number of nitrogens with zero attached hydrogens (tertiary/aromatic N) is 2. The van der Waals surface area contributed by atoms with Crippen LogP contribution in [0.3, 0.4) is 0 Å². The molecule has 2 atom stereocenters. The molecule has 1 aliphatic heterocycles. The Labute approximate surface area is 109 Å². The smallest absolute Gasteiger partial charge is 0.252 e. The van der Waals surface area contributed by atoms with Gasteiger partial charge in [0.2, 0.25) is 0 Å². The molecule has 1 aliphatic rings. The van der Waals surface area contributed by atoms with Gasteiger partial charge in [-0.1, -0.05) is 6.92 Å². The molecule has 1 aromatic rings. The second-order valence-electron chi connectivity index (χ2n) is 4.71. The second kappa shape index (κ2) is 4.64. The molecule has 1 fully saturated rings. The van der Waals surface area contributed by atoms with E-state index in [0.717, 1.165) is 17.6 Å². The average Bonchev–Trinajstić information content (AvgIpc) is 2.57. The van der Waals surface area contributed by atoms with Crippen molar-refractivity contribution in [3.05, 3.63) is 22.3 Å². The predicted octanol–water partition coefficient (Wildman–Crippen LogP) is 2.18. The largest absolute Gasteiger partial charge is 0.365 e. The zero-order chi connectivity index (χ0) is 12.6. The van der Waals surface area contributed by atoms with E-state index < -0.39 is 5.91 Å². The summed E-state index contributed by atoms with van der Waals surface area (Å²) in [4.78, 5) is 18.0. The number of amides is 1. The molecule has 2 N–H and O–H groups in total. The van der Waals surface area contributed by atoms with Crippen LogP contribution < -0.4 is 10.6 Å². The molecule has 2 heterocycles. The highest BCUT2D eigenvalue weighted by Crippen LogP contribution is 2.30. The van der Waals surface area contributed by atoms with Crippen molar-refractivity contribution >= 4 is 27.7 Å². The molecule has 17 heavy (non-hydrogen) atoms. The molecule has 1 amide bonds. The molecule has 92 valence electrons. The molecule has 0 bridgehead atoms. The fraction of sp³-hybridized carbons (Fsp3) is 0.500. The fourth-order valence-corrected chi connectivity index (χ4v) is 2.73. The molecule has 0 radical (unpaired) electrons. The molecule has 2 unspecified atom stereocenters. The van der Waals surface area contributed by atoms with Crippen LogP contribution in [0, 0.1) is 5.92 Å². The Morgan fingerprint density at radius 2 is 2.24 bits per heavy atom. The topological polar surface area (TPSA) is 59.2 Å². The van der Waals surface area contributed by atoms with Crippen molar-refractivity contribution in [1.82, 2.24) is 4.98 Å². The van der Waals surface area contributed by atoms with Crippen molar-refractivity contribution in [2.45, 2.75) is 26.3 Å². The Morgan fingerprint density at radius 3 is 2.76 bits per heavy atom. The van der Waals surface area contributed by atoms with Crippen molar-refractivity contribution in [2.24, 2.45) is 11.7 Å². The van der Waals surface area contributed by atoms with Crippen LogP contribution in [0.25, 0.3) is 0 Å². The molecule has 1 saturated heterocycles. The minimum absolute atomic E-state index is 0.393. The number of hydrogen-bond acceptors (Lipinski definition) is 3. The summed E-state index contributed by atoms with van der Waals surface area (Å²) in [5.41, 5.74) is 5.89. The third kappa shape index (κ3) is 2.44. The summed E-state index contributed by atoms with van der Waals surface area (Å²) in [6, 6.07) is 3.86. The second-order valence-corrected chi connectivity index (χ2v) is 5.52. The summed E-state index contributed by atoms with van der Waals surface area (Å²) in [6.07, 6.45) is 1.12. The first-order chi connectivity index (χ1) is 7.99. The van der Waals surface area contributed by atoms with E-state index in [-0.39, 0.29) is 0 Å². The molecule has 4 nitrogen and oxygen atoms in total. The van der Waals surface area contributed by atoms with Crippen LogP contribution in [0.15, 0.2) is 16.7 Å². The third-order valence-electron chi connectivity index (χ3n) is 3.16. The minimum atomic E-state index is -0.424. The van der Waals surface area contributed by atoms with Crippen LogP contribution in [-0.2, 0) is 0 Å². The maximum atomic E-state index is 11.4. The number of halogens is 1. The Morgan fingerprint density at radius 1 is 1.53 bits per heavy atom. The number of pyridine rings is 1. The van der Waals surface area contributed by atoms with Crippen LogP contribution in [-0.4, -0.2) is 23.5 Å². The van der Waals surface area contributed by atoms with Gasteiger partial charge < -0.3 is 10.6 Å². The summed E-state index contributed by atoms with van der Waals surface area (Å²) in [5, 5.41) is 0. The van der Waals surface area contributed by atoms with Gasteiger partial charge in [-0.15, -0.1) is 0 Å². The highest BCUT2D eigenvalue weighted by atomic mass is 79.9. The summed E-state index contributed by atoms with van der Waals surface area (Å²) < 4.78 is 0.726. The Bertz CT molecular complexity index is 449. The van der Waals surface area contributed by atoms with E-state index in [1.807, 2.05) is 0 Å². The minimum Gasteiger partial charge on any atom is -0.365 e. The molecular formula is C12H16BrN3O. The SMILES string of the molecule is CC1CC(C)N(c2nc(Br)ccc2C(N)=O)C1. The average molecular weight is 298 g/mol. The van der Waals surface area contributed by atoms with E-state index in [0.29, 0.717) is 23.3 Å². The van der Waals surface area contributed by atoms with Crippen LogP contribution in [0.4, 0.5) is 5.82 Å². The van der Waals surface area contributed by atoms with Gasteiger partial charge in [-0.05, 0) is 47.3 Å². The maximum Gasteiger partial charge on any atom is 0.252 e. The summed E-state index contributed by atoms with van der Waals surface area (Å²) in [5.74, 6) is 0.891. The number of rotatable bonds is 2. The molecule has 2 rings (SSSR count). The van der Waals surface area contributed by atoms with Crippen LogP contribution in [0.1, 0.15) is 30.6 Å². The molecule has 0 aliphatic carbocycles. The van der Waals surface area contributed by atoms with Gasteiger partial charge in [-0.2, -0.15) is 0 Å². The highest BCUT2D eigenvalue weighted by molar-refractivity contribution is 9.10. The zero-order valence-corrected chi connectivity index (χ0v) is 11.6. The van der Waals surface area contributed by atoms with Gasteiger partial charge in [-0.3, -0.25) is 4.79 Å². The molecule has 1 aromatic heterocycles. The van der Waals surface area contributed by atoms with Gasteiger partial charge in [0, 0.05) is 12.6 Å². The van der Waals surface area contributed by atoms with E-state index in [1.54, 1.807) is 12.1 Å². The molecule has 0 aromatic carbocycles. The van der Waals surface area contributed by atoms with Crippen LogP contribution in [0.2, 0.25) is 0 Å². The number of anilines is 1. The number of carbonyl (C=O) groups excluding carboxylic acids is 1. The summed E-state index contributed by atoms with van der Waals surface area (Å²) in [6.45, 7) is 5.28. The van der Waals surface area contributed by atoms with Gasteiger partial charge in [0.05, 0.1) is 5.56 Å². The van der Waals surface area contributed by atoms with Crippen molar-refractivity contribution in [1.29, 1.82) is 0 Å². The fourth-order valence-electron chi connectivity index (χ4n) is 2.43. The highest BCUT2D eigenvalue weighted by Gasteiger charge is 2.29. The lowest BCUT2D eigenvalue weighted by molar-refractivity contribution is 0.100. The lowest BCUT2D eigenvalue weighted by Crippen LogP contribution is -2.30. The number of carbonyl (C=O) groups is 1. The Hall–Kier alpha value is -1.10. The maximum absolute atomic E-state index is 11.4. The lowest BCUT2D eigenvalue weighted by Gasteiger charge is -2.24. The van der Waals surface area contributed by atoms with E-state index in [2.05, 4.69) is 39.7 Å². The van der Waals surface area contributed by atoms with Gasteiger partial charge in [0.25, 0.3) is 5.91 Å². The Balaban J connectivity index is 2.43. The van der Waals surface area contributed by atoms with Gasteiger partial charge in [0.15, 0.2) is 0 Å². The van der Waals surface area contributed by atoms with Crippen molar-refractivity contribution in [3.8, 4) is 0 Å². The molecule has 0 spiro atoms. The number of hydrogen-bond donors (Lipinski definition) is 1. The van der Waals surface area contributed by atoms with E-state index in [4.69, 9.17) is 5.73 Å². The van der Waals surface area contributed by atoms with Crippen molar-refractivity contribution in [3.63, 3.8) is 0 Å². The first kappa shape index (κ1) is 12.4. The van der Waals surface area contributed by atoms with E-state index in [9.17, 15) is 4.79 Å². The van der Waals surface area contributed by atoms with Crippen LogP contribution >= 0.6 is 15.9 Å². The lowest BCUT2D eigenvalue weighted by atomic mass is 10.1. The number of primary amides is 1. The number of aromatic nitrogens is 1. The van der Waals surface area contributed by atoms with E-state index >= 15 is 0 Å². The first-order valence-corrected chi connectivity index (χ1v) is 6.51. The van der Waals surface area contributed by atoms with Crippen molar-refractivity contribution < 1.29 is 4.79 Å². The summed E-state index contributed by atoms with van der Waals surface area (Å²) >= 11 is 3.34. The quantitative estimate of drug-likeness (QED) is 0.851. The molecule has 5 heteroatoms. The van der Waals surface area contributed by atoms with Gasteiger partial charge in [0.1, 0.15) is 10.4 Å². The molecule has 0 saturated carbocycles. The van der Waals surface area contributed by atoms with Gasteiger partial charge >= 0.3 is 0 Å². The number of nitrogens with two attached hydrogens (primary N) is 1. The predicted molar refractivity (Wildman–Crippen MR) is 71.0 cm³/mol. The van der Waals surface area contributed by atoms with E-state index in [1.165, 1.54) is 0 Å². The summed E-state index contributed by atoms with van der Waals surface area (Å²) in [7, 11) is 0. The zero-order valence-electron chi connectivity index (χ0n) is 9.98. The standard InChI is InChI=1S/C12H16BrN3O/c1-7-5-8(2)16(6-7)12-9(11(14)17)3-4-10(13)15-12/h3-4,7-8H,5-6H2,1-2H3,(H2,14,17). The van der Waals surface area contributed by atoms with Crippen LogP contribution in [0.5, 0.6) is 0 Å². The monoisotopic (exact) mass is 297 g/mol. The first-order valence-electron chi connectivity index (χ1n) is 5.72. The van der Waals surface area contributed by atoms with Gasteiger partial charge in [-0.25, -0.2) is 4.98 Å². The molecular weight excluding hydrogens is 282 g/mol. The normalized spacial score (nSPS) is 24.1.